The number of quaternary nitrogens is 1. The van der Waals surface area contributed by atoms with Crippen molar-refractivity contribution in [3.05, 3.63) is 0 Å². The van der Waals surface area contributed by atoms with Gasteiger partial charge < -0.3 is 14.7 Å². The molecule has 0 aromatic rings. The molecule has 0 radical (unpaired) electrons. The standard InChI is InChI=1S/C7H16F2NO2/c1-4-10(2,3)5-7(11,12)6(8)9/h6,11-12H,4-5H2,1-3H3/q+1. The maximum Gasteiger partial charge on any atom is 0.297 e. The molecule has 74 valence electrons. The van der Waals surface area contributed by atoms with Gasteiger partial charge in [-0.2, -0.15) is 0 Å². The maximum atomic E-state index is 12.0. The second kappa shape index (κ2) is 3.64. The summed E-state index contributed by atoms with van der Waals surface area (Å²) in [6, 6.07) is 0. The van der Waals surface area contributed by atoms with Crippen molar-refractivity contribution in [1.82, 2.24) is 0 Å². The first kappa shape index (κ1) is 11.7. The van der Waals surface area contributed by atoms with Gasteiger partial charge in [-0.05, 0) is 6.92 Å². The Hall–Kier alpha value is -0.260. The molecule has 0 aliphatic rings. The summed E-state index contributed by atoms with van der Waals surface area (Å²) in [4.78, 5) is 0. The van der Waals surface area contributed by atoms with Crippen LogP contribution < -0.4 is 0 Å². The first-order chi connectivity index (χ1) is 5.21. The SMILES string of the molecule is CC[N+](C)(C)CC(O)(O)C(F)F. The number of hydrogen-bond donors (Lipinski definition) is 2. The Morgan fingerprint density at radius 2 is 1.75 bits per heavy atom. The van der Waals surface area contributed by atoms with Gasteiger partial charge in [-0.15, -0.1) is 0 Å². The predicted molar refractivity (Wildman–Crippen MR) is 40.7 cm³/mol. The topological polar surface area (TPSA) is 40.5 Å². The van der Waals surface area contributed by atoms with Crippen LogP contribution in [0.2, 0.25) is 0 Å². The zero-order valence-electron chi connectivity index (χ0n) is 7.59. The van der Waals surface area contributed by atoms with Crippen LogP contribution in [0.4, 0.5) is 8.78 Å². The highest BCUT2D eigenvalue weighted by Crippen LogP contribution is 2.15. The van der Waals surface area contributed by atoms with Crippen LogP contribution in [0.3, 0.4) is 0 Å². The number of hydrogen-bond acceptors (Lipinski definition) is 2. The molecule has 0 saturated carbocycles. The number of nitrogens with zero attached hydrogens (tertiary/aromatic N) is 1. The smallest absolute Gasteiger partial charge is 0.297 e. The van der Waals surface area contributed by atoms with E-state index in [9.17, 15) is 8.78 Å². The normalized spacial score (nSPS) is 14.0. The summed E-state index contributed by atoms with van der Waals surface area (Å²) < 4.78 is 24.1. The molecule has 0 aliphatic heterocycles. The lowest BCUT2D eigenvalue weighted by Gasteiger charge is -2.33. The van der Waals surface area contributed by atoms with Crippen molar-refractivity contribution < 1.29 is 23.5 Å². The van der Waals surface area contributed by atoms with Gasteiger partial charge in [0.05, 0.1) is 20.6 Å². The van der Waals surface area contributed by atoms with Crippen molar-refractivity contribution >= 4 is 0 Å². The van der Waals surface area contributed by atoms with Gasteiger partial charge in [0.2, 0.25) is 0 Å². The van der Waals surface area contributed by atoms with Crippen LogP contribution in [0.1, 0.15) is 6.92 Å². The van der Waals surface area contributed by atoms with Gasteiger partial charge in [0.25, 0.3) is 12.2 Å². The van der Waals surface area contributed by atoms with Crippen LogP contribution in [0.25, 0.3) is 0 Å². The van der Waals surface area contributed by atoms with Crippen molar-refractivity contribution in [2.45, 2.75) is 19.1 Å². The van der Waals surface area contributed by atoms with Crippen molar-refractivity contribution in [2.75, 3.05) is 27.2 Å². The van der Waals surface area contributed by atoms with Gasteiger partial charge in [0.1, 0.15) is 6.54 Å². The molecule has 0 heterocycles. The Bertz CT molecular complexity index is 148. The number of halogens is 2. The highest BCUT2D eigenvalue weighted by Gasteiger charge is 2.41. The van der Waals surface area contributed by atoms with Crippen LogP contribution in [-0.2, 0) is 0 Å². The first-order valence-corrected chi connectivity index (χ1v) is 3.76. The highest BCUT2D eigenvalue weighted by molar-refractivity contribution is 4.65. The molecule has 0 aliphatic carbocycles. The van der Waals surface area contributed by atoms with E-state index < -0.39 is 12.2 Å². The molecule has 0 spiro atoms. The van der Waals surface area contributed by atoms with Crippen molar-refractivity contribution in [2.24, 2.45) is 0 Å². The third kappa shape index (κ3) is 3.42. The summed E-state index contributed by atoms with van der Waals surface area (Å²) >= 11 is 0. The van der Waals surface area contributed by atoms with Crippen molar-refractivity contribution in [1.29, 1.82) is 0 Å². The molecule has 3 nitrogen and oxygen atoms in total. The molecule has 0 unspecified atom stereocenters. The zero-order chi connectivity index (χ0) is 9.99. The summed E-state index contributed by atoms with van der Waals surface area (Å²) in [5, 5.41) is 17.7. The van der Waals surface area contributed by atoms with Crippen molar-refractivity contribution in [3.63, 3.8) is 0 Å². The minimum absolute atomic E-state index is 0.150. The minimum Gasteiger partial charge on any atom is -0.357 e. The second-order valence-electron chi connectivity index (χ2n) is 3.59. The zero-order valence-corrected chi connectivity index (χ0v) is 7.59. The molecule has 0 fully saturated rings. The largest absolute Gasteiger partial charge is 0.357 e. The van der Waals surface area contributed by atoms with E-state index in [0.717, 1.165) is 0 Å². The summed E-state index contributed by atoms with van der Waals surface area (Å²) in [5.74, 6) is -2.88. The van der Waals surface area contributed by atoms with Gasteiger partial charge in [-0.25, -0.2) is 8.78 Å². The first-order valence-electron chi connectivity index (χ1n) is 3.76. The van der Waals surface area contributed by atoms with Crippen LogP contribution in [0.15, 0.2) is 0 Å². The fourth-order valence-corrected chi connectivity index (χ4v) is 0.811. The van der Waals surface area contributed by atoms with Gasteiger partial charge in [0, 0.05) is 0 Å². The van der Waals surface area contributed by atoms with E-state index in [0.29, 0.717) is 6.54 Å². The summed E-state index contributed by atoms with van der Waals surface area (Å²) in [6.07, 6.45) is -3.12. The number of rotatable bonds is 4. The van der Waals surface area contributed by atoms with Gasteiger partial charge >= 0.3 is 0 Å². The number of likely N-dealkylation sites (N-methyl/N-ethyl adjacent to an activating group) is 1. The molecule has 0 aromatic carbocycles. The lowest BCUT2D eigenvalue weighted by Crippen LogP contribution is -2.55. The molecule has 0 bridgehead atoms. The maximum absolute atomic E-state index is 12.0. The molecule has 2 N–H and O–H groups in total. The van der Waals surface area contributed by atoms with Gasteiger partial charge in [-0.3, -0.25) is 0 Å². The van der Waals surface area contributed by atoms with E-state index in [-0.39, 0.29) is 11.0 Å². The third-order valence-electron chi connectivity index (χ3n) is 1.87. The molecule has 0 atom stereocenters. The van der Waals surface area contributed by atoms with E-state index in [1.54, 1.807) is 21.0 Å². The van der Waals surface area contributed by atoms with Gasteiger partial charge in [0.15, 0.2) is 0 Å². The average Bonchev–Trinajstić information content (AvgIpc) is 1.85. The Labute approximate surface area is 70.8 Å². The van der Waals surface area contributed by atoms with Crippen molar-refractivity contribution in [3.8, 4) is 0 Å². The van der Waals surface area contributed by atoms with Crippen LogP contribution in [0, 0.1) is 0 Å². The van der Waals surface area contributed by atoms with E-state index in [4.69, 9.17) is 10.2 Å². The lowest BCUT2D eigenvalue weighted by atomic mass is 10.2. The molecule has 0 amide bonds. The highest BCUT2D eigenvalue weighted by atomic mass is 19.3. The Morgan fingerprint density at radius 3 is 2.00 bits per heavy atom. The van der Waals surface area contributed by atoms with Crippen LogP contribution >= 0.6 is 0 Å². The van der Waals surface area contributed by atoms with E-state index >= 15 is 0 Å². The Kier molecular flexibility index (Phi) is 3.56. The third-order valence-corrected chi connectivity index (χ3v) is 1.87. The molecule has 12 heavy (non-hydrogen) atoms. The molecular formula is C7H16F2NO2+. The van der Waals surface area contributed by atoms with Crippen LogP contribution in [0.5, 0.6) is 0 Å². The summed E-state index contributed by atoms with van der Waals surface area (Å²) in [7, 11) is 3.31. The molecule has 0 aromatic heterocycles. The summed E-state index contributed by atoms with van der Waals surface area (Å²) in [6.45, 7) is 1.98. The molecular weight excluding hydrogens is 168 g/mol. The number of aliphatic hydroxyl groups is 2. The molecule has 0 rings (SSSR count). The van der Waals surface area contributed by atoms with E-state index in [1.165, 1.54) is 0 Å². The monoisotopic (exact) mass is 184 g/mol. The van der Waals surface area contributed by atoms with Crippen LogP contribution in [-0.4, -0.2) is 54.1 Å². The van der Waals surface area contributed by atoms with E-state index in [2.05, 4.69) is 0 Å². The summed E-state index contributed by atoms with van der Waals surface area (Å²) in [5.41, 5.74) is 0. The lowest BCUT2D eigenvalue weighted by molar-refractivity contribution is -0.899. The fourth-order valence-electron chi connectivity index (χ4n) is 0.811. The molecule has 5 heteroatoms. The number of alkyl halides is 2. The average molecular weight is 184 g/mol. The van der Waals surface area contributed by atoms with Gasteiger partial charge in [-0.1, -0.05) is 0 Å². The molecule has 0 saturated heterocycles. The van der Waals surface area contributed by atoms with E-state index in [1.807, 2.05) is 0 Å². The Morgan fingerprint density at radius 1 is 1.33 bits per heavy atom. The quantitative estimate of drug-likeness (QED) is 0.478. The second-order valence-corrected chi connectivity index (χ2v) is 3.59. The Balaban J connectivity index is 4.23. The predicted octanol–water partition coefficient (Wildman–Crippen LogP) is 0.0287. The fraction of sp³-hybridized carbons (Fsp3) is 1.00. The minimum atomic E-state index is -3.12.